The van der Waals surface area contributed by atoms with Crippen LogP contribution < -0.4 is 19.1 Å². The van der Waals surface area contributed by atoms with E-state index in [0.29, 0.717) is 36.0 Å². The number of fused-ring (bicyclic) bond motifs is 1. The lowest BCUT2D eigenvalue weighted by molar-refractivity contribution is -0.141. The predicted octanol–water partition coefficient (Wildman–Crippen LogP) is 3.62. The van der Waals surface area contributed by atoms with Crippen molar-refractivity contribution in [1.29, 1.82) is 0 Å². The van der Waals surface area contributed by atoms with Gasteiger partial charge >= 0.3 is 0 Å². The van der Waals surface area contributed by atoms with Crippen molar-refractivity contribution in [3.8, 4) is 11.5 Å². The zero-order valence-corrected chi connectivity index (χ0v) is 23.2. The molecule has 1 aliphatic heterocycles. The predicted molar refractivity (Wildman–Crippen MR) is 146 cm³/mol. The topological polar surface area (TPSA) is 105 Å². The first-order chi connectivity index (χ1) is 18.6. The number of benzene rings is 2. The minimum Gasteiger partial charge on any atom is -0.486 e. The molecule has 39 heavy (non-hydrogen) atoms. The number of hydrogen-bond donors (Lipinski definition) is 1. The number of amides is 2. The van der Waals surface area contributed by atoms with E-state index in [1.807, 2.05) is 0 Å². The molecule has 11 heteroatoms. The molecule has 1 fully saturated rings. The highest BCUT2D eigenvalue weighted by molar-refractivity contribution is 7.92. The van der Waals surface area contributed by atoms with Crippen LogP contribution in [0.4, 0.5) is 10.1 Å². The molecular formula is C28H36FN3O6S. The Morgan fingerprint density at radius 3 is 2.38 bits per heavy atom. The van der Waals surface area contributed by atoms with Crippen LogP contribution in [-0.2, 0) is 26.2 Å². The SMILES string of the molecule is C[C@H](C(=O)NC1CCCC1)N(Cc1ccc(F)cc1)C(=O)CCCN(c1ccc2c(c1)OCCO2)S(C)(=O)=O. The molecule has 1 atom stereocenters. The summed E-state index contributed by atoms with van der Waals surface area (Å²) in [6, 6.07) is 10.1. The molecule has 4 rings (SSSR count). The summed E-state index contributed by atoms with van der Waals surface area (Å²) in [5.41, 5.74) is 1.11. The van der Waals surface area contributed by atoms with Gasteiger partial charge in [-0.1, -0.05) is 25.0 Å². The minimum atomic E-state index is -3.65. The van der Waals surface area contributed by atoms with E-state index >= 15 is 0 Å². The molecule has 2 aromatic rings. The third-order valence-corrected chi connectivity index (χ3v) is 8.30. The number of anilines is 1. The van der Waals surface area contributed by atoms with E-state index < -0.39 is 16.1 Å². The van der Waals surface area contributed by atoms with Crippen LogP contribution in [-0.4, -0.2) is 63.2 Å². The van der Waals surface area contributed by atoms with Crippen molar-refractivity contribution < 1.29 is 31.9 Å². The Kier molecular flexibility index (Phi) is 9.32. The maximum atomic E-state index is 13.5. The Balaban J connectivity index is 1.45. The van der Waals surface area contributed by atoms with Gasteiger partial charge in [0.2, 0.25) is 21.8 Å². The Bertz CT molecular complexity index is 1260. The Morgan fingerprint density at radius 1 is 1.05 bits per heavy atom. The Hall–Kier alpha value is -3.34. The van der Waals surface area contributed by atoms with Gasteiger partial charge in [-0.05, 0) is 56.0 Å². The van der Waals surface area contributed by atoms with Crippen LogP contribution in [0.3, 0.4) is 0 Å². The maximum absolute atomic E-state index is 13.5. The third kappa shape index (κ3) is 7.62. The van der Waals surface area contributed by atoms with Crippen LogP contribution in [0.25, 0.3) is 0 Å². The van der Waals surface area contributed by atoms with E-state index in [2.05, 4.69) is 5.32 Å². The highest BCUT2D eigenvalue weighted by atomic mass is 32.2. The molecule has 1 aliphatic carbocycles. The van der Waals surface area contributed by atoms with Crippen LogP contribution in [0.5, 0.6) is 11.5 Å². The summed E-state index contributed by atoms with van der Waals surface area (Å²) in [5, 5.41) is 3.05. The van der Waals surface area contributed by atoms with Gasteiger partial charge in [-0.2, -0.15) is 0 Å². The number of rotatable bonds is 11. The van der Waals surface area contributed by atoms with Crippen molar-refractivity contribution in [2.24, 2.45) is 0 Å². The number of carbonyl (C=O) groups excluding carboxylic acids is 2. The van der Waals surface area contributed by atoms with Crippen molar-refractivity contribution in [1.82, 2.24) is 10.2 Å². The molecule has 2 amide bonds. The van der Waals surface area contributed by atoms with Crippen molar-refractivity contribution in [2.75, 3.05) is 30.3 Å². The zero-order valence-electron chi connectivity index (χ0n) is 22.4. The molecule has 1 heterocycles. The minimum absolute atomic E-state index is 0.0266. The second-order valence-corrected chi connectivity index (χ2v) is 12.0. The fourth-order valence-corrected chi connectivity index (χ4v) is 5.91. The fourth-order valence-electron chi connectivity index (χ4n) is 4.95. The van der Waals surface area contributed by atoms with Gasteiger partial charge in [0, 0.05) is 31.6 Å². The molecule has 0 unspecified atom stereocenters. The summed E-state index contributed by atoms with van der Waals surface area (Å²) in [6.07, 6.45) is 5.35. The van der Waals surface area contributed by atoms with E-state index in [4.69, 9.17) is 9.47 Å². The molecular weight excluding hydrogens is 525 g/mol. The first-order valence-electron chi connectivity index (χ1n) is 13.3. The van der Waals surface area contributed by atoms with Gasteiger partial charge in [0.25, 0.3) is 0 Å². The van der Waals surface area contributed by atoms with Gasteiger partial charge in [-0.3, -0.25) is 13.9 Å². The van der Waals surface area contributed by atoms with Gasteiger partial charge in [-0.15, -0.1) is 0 Å². The average molecular weight is 562 g/mol. The summed E-state index contributed by atoms with van der Waals surface area (Å²) in [6.45, 7) is 2.69. The lowest BCUT2D eigenvalue weighted by Crippen LogP contribution is -2.49. The van der Waals surface area contributed by atoms with Crippen LogP contribution in [0, 0.1) is 5.82 Å². The van der Waals surface area contributed by atoms with E-state index in [-0.39, 0.29) is 49.6 Å². The molecule has 0 radical (unpaired) electrons. The first kappa shape index (κ1) is 28.7. The number of ether oxygens (including phenoxy) is 2. The normalized spacial score (nSPS) is 16.0. The quantitative estimate of drug-likeness (QED) is 0.449. The van der Waals surface area contributed by atoms with Gasteiger partial charge in [0.05, 0.1) is 11.9 Å². The van der Waals surface area contributed by atoms with Crippen LogP contribution >= 0.6 is 0 Å². The second-order valence-electron chi connectivity index (χ2n) is 10.1. The highest BCUT2D eigenvalue weighted by Gasteiger charge is 2.29. The van der Waals surface area contributed by atoms with Crippen molar-refractivity contribution in [3.05, 3.63) is 53.8 Å². The highest BCUT2D eigenvalue weighted by Crippen LogP contribution is 2.34. The largest absolute Gasteiger partial charge is 0.486 e. The first-order valence-corrected chi connectivity index (χ1v) is 15.2. The monoisotopic (exact) mass is 561 g/mol. The lowest BCUT2D eigenvalue weighted by atomic mass is 10.1. The number of halogens is 1. The molecule has 9 nitrogen and oxygen atoms in total. The third-order valence-electron chi connectivity index (χ3n) is 7.10. The van der Waals surface area contributed by atoms with E-state index in [9.17, 15) is 22.4 Å². The zero-order chi connectivity index (χ0) is 28.0. The van der Waals surface area contributed by atoms with Gasteiger partial charge in [-0.25, -0.2) is 12.8 Å². The van der Waals surface area contributed by atoms with Crippen LogP contribution in [0.2, 0.25) is 0 Å². The second kappa shape index (κ2) is 12.7. The molecule has 1 N–H and O–H groups in total. The van der Waals surface area contributed by atoms with Crippen molar-refractivity contribution in [2.45, 2.75) is 64.1 Å². The molecule has 212 valence electrons. The molecule has 0 spiro atoms. The standard InChI is InChI=1S/C28H36FN3O6S/c1-20(28(34)30-23-6-3-4-7-23)31(19-21-9-11-22(29)12-10-21)27(33)8-5-15-32(39(2,35)36)24-13-14-25-26(18-24)38-17-16-37-25/h9-14,18,20,23H,3-8,15-17,19H2,1-2H3,(H,30,34)/t20-/m1/s1. The van der Waals surface area contributed by atoms with Gasteiger partial charge in [0.15, 0.2) is 11.5 Å². The smallest absolute Gasteiger partial charge is 0.242 e. The summed E-state index contributed by atoms with van der Waals surface area (Å²) < 4.78 is 51.0. The van der Waals surface area contributed by atoms with E-state index in [0.717, 1.165) is 31.9 Å². The van der Waals surface area contributed by atoms with Crippen LogP contribution in [0.15, 0.2) is 42.5 Å². The molecule has 0 saturated heterocycles. The van der Waals surface area contributed by atoms with Crippen molar-refractivity contribution >= 4 is 27.5 Å². The molecule has 2 aromatic carbocycles. The number of carbonyl (C=O) groups is 2. The van der Waals surface area contributed by atoms with E-state index in [1.54, 1.807) is 37.3 Å². The molecule has 1 saturated carbocycles. The number of sulfonamides is 1. The molecule has 0 bridgehead atoms. The number of nitrogens with one attached hydrogen (secondary N) is 1. The Labute approximate surface area is 229 Å². The Morgan fingerprint density at radius 2 is 1.72 bits per heavy atom. The summed E-state index contributed by atoms with van der Waals surface area (Å²) >= 11 is 0. The van der Waals surface area contributed by atoms with E-state index in [1.165, 1.54) is 21.3 Å². The number of hydrogen-bond acceptors (Lipinski definition) is 6. The summed E-state index contributed by atoms with van der Waals surface area (Å²) in [7, 11) is -3.65. The summed E-state index contributed by atoms with van der Waals surface area (Å²) in [5.74, 6) is 0.116. The maximum Gasteiger partial charge on any atom is 0.242 e. The molecule has 2 aliphatic rings. The number of nitrogens with zero attached hydrogens (tertiary/aromatic N) is 2. The molecule has 0 aromatic heterocycles. The average Bonchev–Trinajstić information content (AvgIpc) is 3.42. The fraction of sp³-hybridized carbons (Fsp3) is 0.500. The summed E-state index contributed by atoms with van der Waals surface area (Å²) in [4.78, 5) is 27.9. The van der Waals surface area contributed by atoms with Gasteiger partial charge < -0.3 is 19.7 Å². The lowest BCUT2D eigenvalue weighted by Gasteiger charge is -2.30. The van der Waals surface area contributed by atoms with Crippen LogP contribution in [0.1, 0.15) is 51.0 Å². The van der Waals surface area contributed by atoms with Gasteiger partial charge in [0.1, 0.15) is 25.1 Å². The van der Waals surface area contributed by atoms with Crippen molar-refractivity contribution in [3.63, 3.8) is 0 Å².